The Morgan fingerprint density at radius 3 is 2.48 bits per heavy atom. The average molecular weight is 443 g/mol. The number of aromatic nitrogens is 4. The predicted molar refractivity (Wildman–Crippen MR) is 127 cm³/mol. The maximum absolute atomic E-state index is 12.7. The Morgan fingerprint density at radius 2 is 1.73 bits per heavy atom. The zero-order chi connectivity index (χ0) is 22.2. The molecule has 0 aliphatic carbocycles. The number of benzene rings is 2. The number of fused-ring (bicyclic) bond motifs is 1. The van der Waals surface area contributed by atoms with Crippen LogP contribution in [0.25, 0.3) is 16.7 Å². The molecule has 0 saturated carbocycles. The van der Waals surface area contributed by atoms with Crippen molar-refractivity contribution in [3.63, 3.8) is 0 Å². The molecule has 33 heavy (non-hydrogen) atoms. The van der Waals surface area contributed by atoms with Gasteiger partial charge in [0.1, 0.15) is 11.2 Å². The number of nitrogens with one attached hydrogen (secondary N) is 1. The lowest BCUT2D eigenvalue weighted by molar-refractivity contribution is 0.0342. The SMILES string of the molecule is O=c1[nH]c(C2CN(c3ccc(CN4CCOCC4)cc3)C2)nc2c1cnn2-c1ccccc1. The summed E-state index contributed by atoms with van der Waals surface area (Å²) >= 11 is 0. The van der Waals surface area contributed by atoms with Gasteiger partial charge in [-0.05, 0) is 29.8 Å². The van der Waals surface area contributed by atoms with Gasteiger partial charge in [0, 0.05) is 38.4 Å². The van der Waals surface area contributed by atoms with Crippen LogP contribution in [0.5, 0.6) is 0 Å². The zero-order valence-electron chi connectivity index (χ0n) is 18.4. The van der Waals surface area contributed by atoms with Gasteiger partial charge in [0.05, 0.1) is 31.0 Å². The van der Waals surface area contributed by atoms with Crippen molar-refractivity contribution in [3.8, 4) is 5.69 Å². The molecule has 168 valence electrons. The van der Waals surface area contributed by atoms with Crippen molar-refractivity contribution >= 4 is 16.7 Å². The second-order valence-electron chi connectivity index (χ2n) is 8.74. The van der Waals surface area contributed by atoms with Crippen molar-refractivity contribution < 1.29 is 4.74 Å². The standard InChI is InChI=1S/C25H26N6O2/c32-25-22-14-26-31(21-4-2-1-3-5-21)24(22)27-23(28-25)19-16-30(17-19)20-8-6-18(7-9-20)15-29-10-12-33-13-11-29/h1-9,14,19H,10-13,15-17H2,(H,27,28,32). The highest BCUT2D eigenvalue weighted by atomic mass is 16.5. The van der Waals surface area contributed by atoms with Crippen LogP contribution in [0.1, 0.15) is 17.3 Å². The number of hydrogen-bond acceptors (Lipinski definition) is 6. The molecule has 2 aliphatic heterocycles. The van der Waals surface area contributed by atoms with E-state index < -0.39 is 0 Å². The van der Waals surface area contributed by atoms with Gasteiger partial charge in [0.15, 0.2) is 5.65 Å². The molecular formula is C25H26N6O2. The van der Waals surface area contributed by atoms with Gasteiger partial charge in [0.25, 0.3) is 5.56 Å². The molecule has 4 heterocycles. The van der Waals surface area contributed by atoms with E-state index >= 15 is 0 Å². The Hall–Kier alpha value is -3.49. The van der Waals surface area contributed by atoms with E-state index in [0.29, 0.717) is 11.0 Å². The first-order valence-electron chi connectivity index (χ1n) is 11.4. The Labute approximate surface area is 191 Å². The molecule has 4 aromatic rings. The summed E-state index contributed by atoms with van der Waals surface area (Å²) in [5, 5.41) is 4.91. The van der Waals surface area contributed by atoms with E-state index in [1.54, 1.807) is 10.9 Å². The molecule has 2 aromatic carbocycles. The largest absolute Gasteiger partial charge is 0.379 e. The van der Waals surface area contributed by atoms with Gasteiger partial charge in [-0.25, -0.2) is 9.67 Å². The molecule has 8 heteroatoms. The number of H-pyrrole nitrogens is 1. The number of para-hydroxylation sites is 1. The molecule has 8 nitrogen and oxygen atoms in total. The topological polar surface area (TPSA) is 79.3 Å². The van der Waals surface area contributed by atoms with Gasteiger partial charge >= 0.3 is 0 Å². The van der Waals surface area contributed by atoms with Crippen LogP contribution in [0.15, 0.2) is 65.6 Å². The molecule has 0 unspecified atom stereocenters. The fourth-order valence-electron chi connectivity index (χ4n) is 4.58. The third-order valence-electron chi connectivity index (χ3n) is 6.54. The highest BCUT2D eigenvalue weighted by Gasteiger charge is 2.31. The summed E-state index contributed by atoms with van der Waals surface area (Å²) in [6.07, 6.45) is 1.59. The molecular weight excluding hydrogens is 416 g/mol. The first-order valence-corrected chi connectivity index (χ1v) is 11.4. The number of aromatic amines is 1. The summed E-state index contributed by atoms with van der Waals surface area (Å²) in [5.41, 5.74) is 3.89. The first kappa shape index (κ1) is 20.1. The van der Waals surface area contributed by atoms with Crippen molar-refractivity contribution in [3.05, 3.63) is 82.5 Å². The minimum absolute atomic E-state index is 0.136. The molecule has 2 fully saturated rings. The number of nitrogens with zero attached hydrogens (tertiary/aromatic N) is 5. The minimum Gasteiger partial charge on any atom is -0.379 e. The van der Waals surface area contributed by atoms with E-state index in [1.807, 2.05) is 30.3 Å². The van der Waals surface area contributed by atoms with Crippen LogP contribution in [0.4, 0.5) is 5.69 Å². The highest BCUT2D eigenvalue weighted by Crippen LogP contribution is 2.30. The van der Waals surface area contributed by atoms with Crippen LogP contribution in [0.3, 0.4) is 0 Å². The Balaban J connectivity index is 1.16. The van der Waals surface area contributed by atoms with Crippen LogP contribution in [-0.2, 0) is 11.3 Å². The summed E-state index contributed by atoms with van der Waals surface area (Å²) < 4.78 is 7.17. The molecule has 2 aliphatic rings. The summed E-state index contributed by atoms with van der Waals surface area (Å²) in [7, 11) is 0. The van der Waals surface area contributed by atoms with Crippen LogP contribution in [-0.4, -0.2) is 64.0 Å². The Kier molecular flexibility index (Phi) is 5.16. The number of rotatable bonds is 5. The molecule has 0 bridgehead atoms. The van der Waals surface area contributed by atoms with E-state index in [2.05, 4.69) is 44.1 Å². The molecule has 0 amide bonds. The van der Waals surface area contributed by atoms with E-state index in [-0.39, 0.29) is 11.5 Å². The number of hydrogen-bond donors (Lipinski definition) is 1. The van der Waals surface area contributed by atoms with Crippen LogP contribution in [0.2, 0.25) is 0 Å². The van der Waals surface area contributed by atoms with Gasteiger partial charge in [-0.15, -0.1) is 0 Å². The van der Waals surface area contributed by atoms with Gasteiger partial charge in [-0.3, -0.25) is 9.69 Å². The minimum atomic E-state index is -0.136. The van der Waals surface area contributed by atoms with E-state index in [1.165, 1.54) is 11.3 Å². The highest BCUT2D eigenvalue weighted by molar-refractivity contribution is 5.75. The summed E-state index contributed by atoms with van der Waals surface area (Å²) in [6, 6.07) is 18.6. The number of ether oxygens (including phenoxy) is 1. The summed E-state index contributed by atoms with van der Waals surface area (Å²) in [5.74, 6) is 0.916. The van der Waals surface area contributed by atoms with Gasteiger partial charge in [-0.2, -0.15) is 5.10 Å². The normalized spacial score (nSPS) is 17.4. The molecule has 0 atom stereocenters. The monoisotopic (exact) mass is 442 g/mol. The molecule has 2 saturated heterocycles. The van der Waals surface area contributed by atoms with Crippen molar-refractivity contribution in [2.45, 2.75) is 12.5 Å². The Morgan fingerprint density at radius 1 is 0.970 bits per heavy atom. The van der Waals surface area contributed by atoms with Crippen LogP contribution >= 0.6 is 0 Å². The third kappa shape index (κ3) is 3.92. The maximum atomic E-state index is 12.7. The zero-order valence-corrected chi connectivity index (χ0v) is 18.4. The lowest BCUT2D eigenvalue weighted by atomic mass is 9.98. The second kappa shape index (κ2) is 8.46. The summed E-state index contributed by atoms with van der Waals surface area (Å²) in [6.45, 7) is 6.26. The molecule has 6 rings (SSSR count). The fourth-order valence-corrected chi connectivity index (χ4v) is 4.58. The quantitative estimate of drug-likeness (QED) is 0.512. The third-order valence-corrected chi connectivity index (χ3v) is 6.54. The number of morpholine rings is 1. The van der Waals surface area contributed by atoms with Crippen molar-refractivity contribution in [2.75, 3.05) is 44.3 Å². The first-order chi connectivity index (χ1) is 16.2. The number of anilines is 1. The smallest absolute Gasteiger partial charge is 0.262 e. The van der Waals surface area contributed by atoms with Crippen molar-refractivity contribution in [2.24, 2.45) is 0 Å². The van der Waals surface area contributed by atoms with E-state index in [0.717, 1.165) is 57.4 Å². The average Bonchev–Trinajstić information content (AvgIpc) is 3.25. The van der Waals surface area contributed by atoms with Crippen LogP contribution in [0, 0.1) is 0 Å². The predicted octanol–water partition coefficient (Wildman–Crippen LogP) is 2.54. The lowest BCUT2D eigenvalue weighted by Crippen LogP contribution is -2.46. The second-order valence-corrected chi connectivity index (χ2v) is 8.74. The van der Waals surface area contributed by atoms with Crippen LogP contribution < -0.4 is 10.5 Å². The van der Waals surface area contributed by atoms with E-state index in [4.69, 9.17) is 9.72 Å². The maximum Gasteiger partial charge on any atom is 0.262 e. The molecule has 2 aromatic heterocycles. The summed E-state index contributed by atoms with van der Waals surface area (Å²) in [4.78, 5) is 25.2. The molecule has 0 radical (unpaired) electrons. The van der Waals surface area contributed by atoms with Crippen molar-refractivity contribution in [1.29, 1.82) is 0 Å². The van der Waals surface area contributed by atoms with Crippen molar-refractivity contribution in [1.82, 2.24) is 24.6 Å². The van der Waals surface area contributed by atoms with Gasteiger partial charge in [-0.1, -0.05) is 30.3 Å². The fraction of sp³-hybridized carbons (Fsp3) is 0.320. The Bertz CT molecular complexity index is 1300. The van der Waals surface area contributed by atoms with E-state index in [9.17, 15) is 4.79 Å². The van der Waals surface area contributed by atoms with Gasteiger partial charge in [0.2, 0.25) is 0 Å². The molecule has 1 N–H and O–H groups in total. The van der Waals surface area contributed by atoms with Gasteiger partial charge < -0.3 is 14.6 Å². The molecule has 0 spiro atoms. The lowest BCUT2D eigenvalue weighted by Gasteiger charge is -2.40.